The molecule has 1 aromatic carbocycles. The van der Waals surface area contributed by atoms with Crippen molar-refractivity contribution in [2.75, 3.05) is 6.61 Å². The molecule has 1 N–H and O–H groups in total. The summed E-state index contributed by atoms with van der Waals surface area (Å²) in [5.74, 6) is -0.560. The molecule has 5 heteroatoms. The highest BCUT2D eigenvalue weighted by Crippen LogP contribution is 2.48. The Kier molecular flexibility index (Phi) is 3.66. The first-order valence-corrected chi connectivity index (χ1v) is 7.10. The van der Waals surface area contributed by atoms with E-state index in [0.29, 0.717) is 0 Å². The molecule has 0 bridgehead atoms. The minimum atomic E-state index is -0.573. The molecule has 0 unspecified atom stereocenters. The number of halogens is 1. The fraction of sp³-hybridized carbons (Fsp3) is 0.294. The van der Waals surface area contributed by atoms with Crippen molar-refractivity contribution in [2.45, 2.75) is 25.2 Å². The average Bonchev–Trinajstić information content (AvgIpc) is 3.28. The second-order valence-electron chi connectivity index (χ2n) is 5.77. The Hall–Kier alpha value is -2.27. The number of carbonyl (C=O) groups excluding carboxylic acids is 1. The second kappa shape index (κ2) is 5.50. The summed E-state index contributed by atoms with van der Waals surface area (Å²) in [7, 11) is 0. The molecule has 22 heavy (non-hydrogen) atoms. The fourth-order valence-electron chi connectivity index (χ4n) is 2.24. The SMILES string of the molecule is CC1(c2ccc(Oc3ccc(C(=O)CO)cn3)c(F)c2)CC1. The fourth-order valence-corrected chi connectivity index (χ4v) is 2.24. The lowest BCUT2D eigenvalue weighted by Gasteiger charge is -2.11. The first-order valence-electron chi connectivity index (χ1n) is 7.10. The summed E-state index contributed by atoms with van der Waals surface area (Å²) in [4.78, 5) is 15.2. The predicted octanol–water partition coefficient (Wildman–Crippen LogP) is 3.24. The van der Waals surface area contributed by atoms with Gasteiger partial charge in [-0.1, -0.05) is 13.0 Å². The van der Waals surface area contributed by atoms with Crippen LogP contribution in [0.3, 0.4) is 0 Å². The van der Waals surface area contributed by atoms with E-state index in [-0.39, 0.29) is 22.6 Å². The van der Waals surface area contributed by atoms with E-state index in [1.165, 1.54) is 24.4 Å². The van der Waals surface area contributed by atoms with Gasteiger partial charge in [-0.25, -0.2) is 9.37 Å². The van der Waals surface area contributed by atoms with Gasteiger partial charge in [0.1, 0.15) is 6.61 Å². The summed E-state index contributed by atoms with van der Waals surface area (Å²) >= 11 is 0. The highest BCUT2D eigenvalue weighted by molar-refractivity contribution is 5.96. The van der Waals surface area contributed by atoms with Crippen LogP contribution in [-0.2, 0) is 5.41 Å². The second-order valence-corrected chi connectivity index (χ2v) is 5.77. The van der Waals surface area contributed by atoms with Crippen molar-refractivity contribution in [3.63, 3.8) is 0 Å². The summed E-state index contributed by atoms with van der Waals surface area (Å²) in [5.41, 5.74) is 1.37. The molecule has 2 aromatic rings. The molecule has 0 aliphatic heterocycles. The van der Waals surface area contributed by atoms with Crippen LogP contribution in [0.25, 0.3) is 0 Å². The van der Waals surface area contributed by atoms with Gasteiger partial charge in [0.05, 0.1) is 0 Å². The van der Waals surface area contributed by atoms with Crippen molar-refractivity contribution >= 4 is 5.78 Å². The molecule has 1 aliphatic carbocycles. The van der Waals surface area contributed by atoms with Gasteiger partial charge in [-0.15, -0.1) is 0 Å². The van der Waals surface area contributed by atoms with Crippen molar-refractivity contribution < 1.29 is 19.0 Å². The Balaban J connectivity index is 1.77. The van der Waals surface area contributed by atoms with Crippen molar-refractivity contribution in [2.24, 2.45) is 0 Å². The van der Waals surface area contributed by atoms with E-state index in [2.05, 4.69) is 11.9 Å². The molecule has 0 radical (unpaired) electrons. The molecule has 0 spiro atoms. The van der Waals surface area contributed by atoms with Crippen molar-refractivity contribution in [1.82, 2.24) is 4.98 Å². The molecule has 114 valence electrons. The number of pyridine rings is 1. The third-order valence-electron chi connectivity index (χ3n) is 4.05. The molecule has 1 aliphatic rings. The molecule has 0 atom stereocenters. The Morgan fingerprint density at radius 3 is 2.68 bits per heavy atom. The number of benzene rings is 1. The van der Waals surface area contributed by atoms with Gasteiger partial charge in [0.25, 0.3) is 0 Å². The minimum absolute atomic E-state index is 0.0988. The number of hydrogen-bond donors (Lipinski definition) is 1. The maximum Gasteiger partial charge on any atom is 0.219 e. The molecule has 4 nitrogen and oxygen atoms in total. The third kappa shape index (κ3) is 2.85. The van der Waals surface area contributed by atoms with E-state index in [1.54, 1.807) is 6.07 Å². The van der Waals surface area contributed by atoms with Crippen LogP contribution in [0.1, 0.15) is 35.7 Å². The lowest BCUT2D eigenvalue weighted by molar-refractivity contribution is 0.0903. The number of aliphatic hydroxyl groups is 1. The van der Waals surface area contributed by atoms with E-state index < -0.39 is 18.2 Å². The summed E-state index contributed by atoms with van der Waals surface area (Å²) in [6, 6.07) is 7.93. The van der Waals surface area contributed by atoms with Gasteiger partial charge in [0.15, 0.2) is 17.3 Å². The van der Waals surface area contributed by atoms with Gasteiger partial charge in [-0.2, -0.15) is 0 Å². The number of ether oxygens (including phenoxy) is 1. The summed E-state index contributed by atoms with van der Waals surface area (Å²) in [5, 5.41) is 8.77. The van der Waals surface area contributed by atoms with Crippen molar-refractivity contribution in [1.29, 1.82) is 0 Å². The number of Topliss-reactive ketones (excluding diaryl/α,β-unsaturated/α-hetero) is 1. The van der Waals surface area contributed by atoms with Crippen LogP contribution >= 0.6 is 0 Å². The van der Waals surface area contributed by atoms with Crippen LogP contribution < -0.4 is 4.74 Å². The molecule has 1 saturated carbocycles. The number of aromatic nitrogens is 1. The van der Waals surface area contributed by atoms with Gasteiger partial charge >= 0.3 is 0 Å². The van der Waals surface area contributed by atoms with E-state index in [0.717, 1.165) is 18.4 Å². The van der Waals surface area contributed by atoms with Gasteiger partial charge in [-0.05, 0) is 42.0 Å². The number of ketones is 1. The monoisotopic (exact) mass is 301 g/mol. The van der Waals surface area contributed by atoms with Gasteiger partial charge in [-0.3, -0.25) is 4.79 Å². The van der Waals surface area contributed by atoms with E-state index in [4.69, 9.17) is 9.84 Å². The standard InChI is InChI=1S/C17H16FNO3/c1-17(6-7-17)12-3-4-15(13(18)8-12)22-16-5-2-11(9-19-16)14(21)10-20/h2-5,8-9,20H,6-7,10H2,1H3. The van der Waals surface area contributed by atoms with E-state index >= 15 is 0 Å². The van der Waals surface area contributed by atoms with Crippen molar-refractivity contribution in [3.8, 4) is 11.6 Å². The average molecular weight is 301 g/mol. The number of aliphatic hydroxyl groups excluding tert-OH is 1. The summed E-state index contributed by atoms with van der Waals surface area (Å²) < 4.78 is 19.5. The van der Waals surface area contributed by atoms with Crippen LogP contribution in [0.15, 0.2) is 36.5 Å². The maximum absolute atomic E-state index is 14.1. The number of rotatable bonds is 5. The first-order chi connectivity index (χ1) is 10.5. The lowest BCUT2D eigenvalue weighted by atomic mass is 9.98. The molecule has 1 aromatic heterocycles. The number of nitrogens with zero attached hydrogens (tertiary/aromatic N) is 1. The molecule has 0 amide bonds. The molecular formula is C17H16FNO3. The number of carbonyl (C=O) groups is 1. The normalized spacial score (nSPS) is 15.4. The zero-order valence-corrected chi connectivity index (χ0v) is 12.2. The molecule has 3 rings (SSSR count). The van der Waals surface area contributed by atoms with Crippen LogP contribution in [0, 0.1) is 5.82 Å². The van der Waals surface area contributed by atoms with Gasteiger partial charge in [0, 0.05) is 17.8 Å². The quantitative estimate of drug-likeness (QED) is 0.861. The number of hydrogen-bond acceptors (Lipinski definition) is 4. The Bertz CT molecular complexity index is 708. The summed E-state index contributed by atoms with van der Waals surface area (Å²) in [6.45, 7) is 1.54. The summed E-state index contributed by atoms with van der Waals surface area (Å²) in [6.07, 6.45) is 3.45. The zero-order valence-electron chi connectivity index (χ0n) is 12.2. The molecular weight excluding hydrogens is 285 g/mol. The van der Waals surface area contributed by atoms with Crippen LogP contribution in [0.5, 0.6) is 11.6 Å². The van der Waals surface area contributed by atoms with Crippen LogP contribution in [0.2, 0.25) is 0 Å². The predicted molar refractivity (Wildman–Crippen MR) is 78.7 cm³/mol. The largest absolute Gasteiger partial charge is 0.436 e. The smallest absolute Gasteiger partial charge is 0.219 e. The van der Waals surface area contributed by atoms with Crippen molar-refractivity contribution in [3.05, 3.63) is 53.5 Å². The topological polar surface area (TPSA) is 59.4 Å². The molecule has 1 fully saturated rings. The highest BCUT2D eigenvalue weighted by Gasteiger charge is 2.39. The Labute approximate surface area is 127 Å². The van der Waals surface area contributed by atoms with Crippen LogP contribution in [0.4, 0.5) is 4.39 Å². The maximum atomic E-state index is 14.1. The lowest BCUT2D eigenvalue weighted by Crippen LogP contribution is -2.05. The van der Waals surface area contributed by atoms with E-state index in [1.807, 2.05) is 6.07 Å². The molecule has 1 heterocycles. The highest BCUT2D eigenvalue weighted by atomic mass is 19.1. The third-order valence-corrected chi connectivity index (χ3v) is 4.05. The molecule has 0 saturated heterocycles. The van der Waals surface area contributed by atoms with E-state index in [9.17, 15) is 9.18 Å². The first kappa shape index (κ1) is 14.7. The minimum Gasteiger partial charge on any atom is -0.436 e. The Morgan fingerprint density at radius 1 is 1.36 bits per heavy atom. The zero-order chi connectivity index (χ0) is 15.7. The van der Waals surface area contributed by atoms with Gasteiger partial charge < -0.3 is 9.84 Å². The Morgan fingerprint density at radius 2 is 2.14 bits per heavy atom. The van der Waals surface area contributed by atoms with Gasteiger partial charge in [0.2, 0.25) is 5.88 Å². The van der Waals surface area contributed by atoms with Crippen LogP contribution in [-0.4, -0.2) is 22.5 Å².